The summed E-state index contributed by atoms with van der Waals surface area (Å²) in [4.78, 5) is 30.2. The summed E-state index contributed by atoms with van der Waals surface area (Å²) < 4.78 is 0. The Morgan fingerprint density at radius 1 is 0.913 bits per heavy atom. The average molecular weight is 343 g/mol. The van der Waals surface area contributed by atoms with Crippen LogP contribution in [0.5, 0.6) is 0 Å². The van der Waals surface area contributed by atoms with E-state index in [-0.39, 0.29) is 0 Å². The highest BCUT2D eigenvalue weighted by atomic mass is 16.4. The van der Waals surface area contributed by atoms with Crippen LogP contribution in [-0.2, 0) is 14.4 Å². The largest absolute Gasteiger partial charge is 0.481 e. The molecule has 0 amide bonds. The van der Waals surface area contributed by atoms with E-state index in [1.54, 1.807) is 0 Å². The smallest absolute Gasteiger partial charge is 0.335 e. The topological polar surface area (TPSA) is 225 Å². The highest BCUT2D eigenvalue weighted by molar-refractivity contribution is 5.80. The van der Waals surface area contributed by atoms with E-state index in [0.29, 0.717) is 0 Å². The van der Waals surface area contributed by atoms with Gasteiger partial charge in [0.25, 0.3) is 0 Å². The van der Waals surface area contributed by atoms with Crippen LogP contribution in [0.25, 0.3) is 0 Å². The molecule has 0 rings (SSSR count). The molecule has 0 spiro atoms. The van der Waals surface area contributed by atoms with Crippen LogP contribution < -0.4 is 5.32 Å². The van der Waals surface area contributed by atoms with Gasteiger partial charge in [-0.2, -0.15) is 0 Å². The molecule has 0 aromatic rings. The van der Waals surface area contributed by atoms with Crippen molar-refractivity contribution >= 4 is 17.9 Å². The van der Waals surface area contributed by atoms with E-state index in [2.05, 4.69) is 5.32 Å². The molecule has 9 N–H and O–H groups in total. The van der Waals surface area contributed by atoms with Gasteiger partial charge in [-0.3, -0.25) is 9.59 Å². The molecule has 0 aliphatic carbocycles. The lowest BCUT2D eigenvalue weighted by Gasteiger charge is -2.23. The lowest BCUT2D eigenvalue weighted by molar-refractivity contribution is -0.164. The first kappa shape index (κ1) is 23.4. The standard InChI is InChI=1S/C6H12O7.C5H9NO4/c7-1-2(8)3(9)4(10)5(11)6(12)13;1-6-3(5(9)10)2-4(7)8/h2-5,7-11H,1H2,(H,12,13);3,6H,2H2,1H3,(H,7,8)(H,9,10). The van der Waals surface area contributed by atoms with Gasteiger partial charge >= 0.3 is 17.9 Å². The van der Waals surface area contributed by atoms with E-state index in [1.165, 1.54) is 7.05 Å². The van der Waals surface area contributed by atoms with E-state index in [4.69, 9.17) is 40.9 Å². The number of aliphatic hydroxyl groups is 5. The Morgan fingerprint density at radius 2 is 1.39 bits per heavy atom. The summed E-state index contributed by atoms with van der Waals surface area (Å²) in [5.41, 5.74) is 0. The maximum Gasteiger partial charge on any atom is 0.335 e. The number of hydrogen-bond donors (Lipinski definition) is 9. The Balaban J connectivity index is 0. The van der Waals surface area contributed by atoms with Gasteiger partial charge < -0.3 is 46.2 Å². The molecule has 0 saturated heterocycles. The second-order valence-electron chi connectivity index (χ2n) is 4.29. The molecule has 0 fully saturated rings. The quantitative estimate of drug-likeness (QED) is 0.193. The maximum atomic E-state index is 10.1. The molecular weight excluding hydrogens is 322 g/mol. The summed E-state index contributed by atoms with van der Waals surface area (Å²) in [5.74, 6) is -4.00. The molecule has 12 heteroatoms. The van der Waals surface area contributed by atoms with Crippen molar-refractivity contribution in [2.45, 2.75) is 36.9 Å². The molecule has 0 aromatic carbocycles. The third kappa shape index (κ3) is 9.72. The Hall–Kier alpha value is -1.83. The molecule has 136 valence electrons. The van der Waals surface area contributed by atoms with Gasteiger partial charge in [0.15, 0.2) is 6.10 Å². The minimum Gasteiger partial charge on any atom is -0.481 e. The van der Waals surface area contributed by atoms with E-state index >= 15 is 0 Å². The number of nitrogens with one attached hydrogen (secondary N) is 1. The normalized spacial score (nSPS) is 17.0. The molecule has 12 nitrogen and oxygen atoms in total. The number of hydrogen-bond acceptors (Lipinski definition) is 9. The summed E-state index contributed by atoms with van der Waals surface area (Å²) in [6, 6.07) is -0.988. The zero-order chi connectivity index (χ0) is 18.7. The van der Waals surface area contributed by atoms with Crippen LogP contribution >= 0.6 is 0 Å². The summed E-state index contributed by atoms with van der Waals surface area (Å²) in [6.07, 6.45) is -8.23. The monoisotopic (exact) mass is 343 g/mol. The van der Waals surface area contributed by atoms with Crippen LogP contribution in [0.1, 0.15) is 6.42 Å². The van der Waals surface area contributed by atoms with Crippen LogP contribution in [0.2, 0.25) is 0 Å². The van der Waals surface area contributed by atoms with E-state index in [1.807, 2.05) is 0 Å². The summed E-state index contributed by atoms with van der Waals surface area (Å²) >= 11 is 0. The number of carbonyl (C=O) groups is 3. The zero-order valence-electron chi connectivity index (χ0n) is 12.1. The van der Waals surface area contributed by atoms with Gasteiger partial charge in [0, 0.05) is 0 Å². The molecule has 5 atom stereocenters. The van der Waals surface area contributed by atoms with Crippen molar-refractivity contribution in [2.24, 2.45) is 0 Å². The van der Waals surface area contributed by atoms with Crippen LogP contribution in [0, 0.1) is 0 Å². The molecule has 0 bridgehead atoms. The Morgan fingerprint density at radius 3 is 1.61 bits per heavy atom. The number of carboxylic acids is 3. The van der Waals surface area contributed by atoms with Crippen molar-refractivity contribution in [3.63, 3.8) is 0 Å². The van der Waals surface area contributed by atoms with Crippen molar-refractivity contribution in [3.8, 4) is 0 Å². The fraction of sp³-hybridized carbons (Fsp3) is 0.727. The fourth-order valence-electron chi connectivity index (χ4n) is 1.16. The van der Waals surface area contributed by atoms with Gasteiger partial charge in [0.1, 0.15) is 24.4 Å². The Kier molecular flexibility index (Phi) is 11.9. The van der Waals surface area contributed by atoms with Gasteiger partial charge in [-0.05, 0) is 7.05 Å². The van der Waals surface area contributed by atoms with Crippen molar-refractivity contribution in [3.05, 3.63) is 0 Å². The summed E-state index contributed by atoms with van der Waals surface area (Å²) in [6.45, 7) is -0.843. The number of carboxylic acid groups (broad SMARTS) is 3. The van der Waals surface area contributed by atoms with Gasteiger partial charge in [-0.25, -0.2) is 4.79 Å². The fourth-order valence-corrected chi connectivity index (χ4v) is 1.16. The molecule has 0 radical (unpaired) electrons. The SMILES string of the molecule is CNC(CC(=O)O)C(=O)O.O=C(O)C(O)C(O)C(O)C(O)CO. The molecular formula is C11H21NO11. The van der Waals surface area contributed by atoms with E-state index in [0.717, 1.165) is 0 Å². The Labute approximate surface area is 130 Å². The third-order valence-electron chi connectivity index (χ3n) is 2.53. The van der Waals surface area contributed by atoms with Gasteiger partial charge in [0.05, 0.1) is 13.0 Å². The molecule has 0 aromatic heterocycles. The lowest BCUT2D eigenvalue weighted by atomic mass is 10.0. The predicted octanol–water partition coefficient (Wildman–Crippen LogP) is -4.36. The second kappa shape index (κ2) is 11.7. The maximum absolute atomic E-state index is 10.1. The molecule has 0 heterocycles. The molecule has 5 unspecified atom stereocenters. The second-order valence-corrected chi connectivity index (χ2v) is 4.29. The zero-order valence-corrected chi connectivity index (χ0v) is 12.1. The molecule has 0 aliphatic heterocycles. The summed E-state index contributed by atoms with van der Waals surface area (Å²) in [5, 5.41) is 70.6. The van der Waals surface area contributed by atoms with Crippen LogP contribution in [0.4, 0.5) is 0 Å². The van der Waals surface area contributed by atoms with Gasteiger partial charge in [0.2, 0.25) is 0 Å². The van der Waals surface area contributed by atoms with Gasteiger partial charge in [-0.1, -0.05) is 0 Å². The predicted molar refractivity (Wildman–Crippen MR) is 71.5 cm³/mol. The van der Waals surface area contributed by atoms with Crippen molar-refractivity contribution in [1.82, 2.24) is 5.32 Å². The molecule has 0 saturated carbocycles. The molecule has 0 aliphatic rings. The first-order valence-corrected chi connectivity index (χ1v) is 6.17. The Bertz CT molecular complexity index is 388. The van der Waals surface area contributed by atoms with Crippen molar-refractivity contribution in [2.75, 3.05) is 13.7 Å². The number of rotatable bonds is 9. The first-order chi connectivity index (χ1) is 10.5. The number of aliphatic carboxylic acids is 3. The van der Waals surface area contributed by atoms with Crippen molar-refractivity contribution < 1.29 is 55.2 Å². The lowest BCUT2D eigenvalue weighted by Crippen LogP contribution is -2.48. The first-order valence-electron chi connectivity index (χ1n) is 6.17. The van der Waals surface area contributed by atoms with Crippen LogP contribution in [0.3, 0.4) is 0 Å². The van der Waals surface area contributed by atoms with Crippen LogP contribution in [-0.4, -0.2) is 103 Å². The number of likely N-dealkylation sites (N-methyl/N-ethyl adjacent to an activating group) is 1. The minimum absolute atomic E-state index is 0.397. The van der Waals surface area contributed by atoms with Crippen LogP contribution in [0.15, 0.2) is 0 Å². The average Bonchev–Trinajstić information content (AvgIpc) is 2.49. The van der Waals surface area contributed by atoms with E-state index in [9.17, 15) is 14.4 Å². The third-order valence-corrected chi connectivity index (χ3v) is 2.53. The summed E-state index contributed by atoms with van der Waals surface area (Å²) in [7, 11) is 1.40. The highest BCUT2D eigenvalue weighted by Crippen LogP contribution is 2.04. The number of aliphatic hydroxyl groups excluding tert-OH is 5. The highest BCUT2D eigenvalue weighted by Gasteiger charge is 2.33. The minimum atomic E-state index is -2.20. The van der Waals surface area contributed by atoms with E-state index < -0.39 is 61.4 Å². The van der Waals surface area contributed by atoms with Crippen molar-refractivity contribution in [1.29, 1.82) is 0 Å². The van der Waals surface area contributed by atoms with Gasteiger partial charge in [-0.15, -0.1) is 0 Å². The molecule has 23 heavy (non-hydrogen) atoms.